The molecule has 2 heterocycles. The van der Waals surface area contributed by atoms with E-state index in [0.29, 0.717) is 22.8 Å². The number of hydrogen-bond acceptors (Lipinski definition) is 3. The molecule has 1 aromatic heterocycles. The zero-order valence-corrected chi connectivity index (χ0v) is 16.8. The molecular formula is C22H26FN5O2. The van der Waals surface area contributed by atoms with E-state index in [2.05, 4.69) is 15.7 Å². The van der Waals surface area contributed by atoms with E-state index in [4.69, 9.17) is 0 Å². The number of nitrogens with zero attached hydrogens (tertiary/aromatic N) is 3. The summed E-state index contributed by atoms with van der Waals surface area (Å²) in [7, 11) is 0. The van der Waals surface area contributed by atoms with Crippen LogP contribution in [0, 0.1) is 17.2 Å². The lowest BCUT2D eigenvalue weighted by Crippen LogP contribution is -2.41. The maximum Gasteiger partial charge on any atom is 0.324 e. The average molecular weight is 411 g/mol. The first-order valence-electron chi connectivity index (χ1n) is 10.7. The van der Waals surface area contributed by atoms with Crippen LogP contribution in [0.25, 0.3) is 0 Å². The van der Waals surface area contributed by atoms with E-state index in [0.717, 1.165) is 32.4 Å². The molecule has 3 amide bonds. The highest BCUT2D eigenvalue weighted by Crippen LogP contribution is 2.66. The average Bonchev–Trinajstić information content (AvgIpc) is 3.33. The quantitative estimate of drug-likeness (QED) is 0.798. The van der Waals surface area contributed by atoms with Crippen LogP contribution in [0.15, 0.2) is 36.5 Å². The summed E-state index contributed by atoms with van der Waals surface area (Å²) in [5.41, 5.74) is 0.747. The van der Waals surface area contributed by atoms with Gasteiger partial charge < -0.3 is 10.2 Å². The highest BCUT2D eigenvalue weighted by molar-refractivity contribution is 5.99. The monoisotopic (exact) mass is 411 g/mol. The lowest BCUT2D eigenvalue weighted by Gasteiger charge is -2.34. The normalized spacial score (nSPS) is 22.4. The maximum atomic E-state index is 13.3. The van der Waals surface area contributed by atoms with Crippen molar-refractivity contribution in [2.24, 2.45) is 11.3 Å². The fraction of sp³-hybridized carbons (Fsp3) is 0.500. The van der Waals surface area contributed by atoms with Crippen molar-refractivity contribution in [3.05, 3.63) is 42.3 Å². The molecule has 0 bridgehead atoms. The second kappa shape index (κ2) is 7.41. The summed E-state index contributed by atoms with van der Waals surface area (Å²) in [6.07, 6.45) is 8.08. The smallest absolute Gasteiger partial charge is 0.324 e. The van der Waals surface area contributed by atoms with Crippen LogP contribution >= 0.6 is 0 Å². The first kappa shape index (κ1) is 19.1. The van der Waals surface area contributed by atoms with Gasteiger partial charge in [-0.05, 0) is 55.7 Å². The van der Waals surface area contributed by atoms with E-state index in [1.54, 1.807) is 24.4 Å². The van der Waals surface area contributed by atoms with Crippen LogP contribution in [0.4, 0.5) is 20.7 Å². The topological polar surface area (TPSA) is 79.3 Å². The van der Waals surface area contributed by atoms with Gasteiger partial charge in [-0.25, -0.2) is 13.9 Å². The second-order valence-corrected chi connectivity index (χ2v) is 8.78. The van der Waals surface area contributed by atoms with Gasteiger partial charge in [0.15, 0.2) is 0 Å². The van der Waals surface area contributed by atoms with Crippen molar-refractivity contribution in [2.75, 3.05) is 23.7 Å². The standard InChI is InChI=1S/C22H26FN5O2/c23-15-3-1-4-16(13-15)25-21(30)26-19-5-10-24-28(19)17-6-11-27(12-7-17)20(29)18-14-22(18)8-2-9-22/h1,3-5,10,13,17-18H,2,6-9,11-12,14H2,(H2,25,26,30)/t18-/m0/s1. The Balaban J connectivity index is 1.16. The molecular weight excluding hydrogens is 385 g/mol. The van der Waals surface area contributed by atoms with Crippen LogP contribution in [0.2, 0.25) is 0 Å². The zero-order chi connectivity index (χ0) is 20.7. The number of anilines is 2. The SMILES string of the molecule is O=C(Nc1cccc(F)c1)Nc1ccnn1C1CCN(C(=O)[C@@H]2CC23CCC3)CC1. The molecule has 0 unspecified atom stereocenters. The van der Waals surface area contributed by atoms with Gasteiger partial charge in [0.05, 0.1) is 12.2 Å². The second-order valence-electron chi connectivity index (χ2n) is 8.78. The summed E-state index contributed by atoms with van der Waals surface area (Å²) >= 11 is 0. The minimum Gasteiger partial charge on any atom is -0.342 e. The molecule has 1 aromatic carbocycles. The third-order valence-electron chi connectivity index (χ3n) is 6.95. The van der Waals surface area contributed by atoms with E-state index in [1.807, 2.05) is 9.58 Å². The van der Waals surface area contributed by atoms with Crippen molar-refractivity contribution < 1.29 is 14.0 Å². The molecule has 1 aliphatic heterocycles. The number of urea groups is 1. The molecule has 1 saturated heterocycles. The predicted molar refractivity (Wildman–Crippen MR) is 111 cm³/mol. The van der Waals surface area contributed by atoms with E-state index in [-0.39, 0.29) is 12.0 Å². The van der Waals surface area contributed by atoms with Crippen LogP contribution in [0.5, 0.6) is 0 Å². The van der Waals surface area contributed by atoms with Gasteiger partial charge in [-0.3, -0.25) is 10.1 Å². The number of carbonyl (C=O) groups excluding carboxylic acids is 2. The molecule has 158 valence electrons. The summed E-state index contributed by atoms with van der Waals surface area (Å²) in [4.78, 5) is 27.1. The number of carbonyl (C=O) groups is 2. The van der Waals surface area contributed by atoms with Crippen molar-refractivity contribution in [2.45, 2.75) is 44.6 Å². The van der Waals surface area contributed by atoms with Gasteiger partial charge in [0.25, 0.3) is 0 Å². The maximum absolute atomic E-state index is 13.3. The lowest BCUT2D eigenvalue weighted by molar-refractivity contribution is -0.135. The van der Waals surface area contributed by atoms with Gasteiger partial charge in [-0.15, -0.1) is 0 Å². The molecule has 0 radical (unpaired) electrons. The highest BCUT2D eigenvalue weighted by Gasteiger charge is 2.61. The molecule has 1 atom stereocenters. The highest BCUT2D eigenvalue weighted by atomic mass is 19.1. The molecule has 30 heavy (non-hydrogen) atoms. The number of hydrogen-bond donors (Lipinski definition) is 2. The van der Waals surface area contributed by atoms with Crippen molar-refractivity contribution in [3.63, 3.8) is 0 Å². The third kappa shape index (κ3) is 3.55. The summed E-state index contributed by atoms with van der Waals surface area (Å²) in [6, 6.07) is 7.17. The van der Waals surface area contributed by atoms with Gasteiger partial charge in [0, 0.05) is 30.8 Å². The Morgan fingerprint density at radius 2 is 1.93 bits per heavy atom. The van der Waals surface area contributed by atoms with Crippen molar-refractivity contribution >= 4 is 23.4 Å². The molecule has 1 spiro atoms. The number of amides is 3. The Labute approximate surface area is 174 Å². The largest absolute Gasteiger partial charge is 0.342 e. The summed E-state index contributed by atoms with van der Waals surface area (Å²) in [5.74, 6) is 0.774. The Kier molecular flexibility index (Phi) is 4.72. The molecule has 2 N–H and O–H groups in total. The number of halogens is 1. The van der Waals surface area contributed by atoms with E-state index in [9.17, 15) is 14.0 Å². The first-order valence-corrected chi connectivity index (χ1v) is 10.7. The molecule has 2 aromatic rings. The molecule has 5 rings (SSSR count). The fourth-order valence-corrected chi connectivity index (χ4v) is 4.98. The van der Waals surface area contributed by atoms with E-state index in [1.165, 1.54) is 31.4 Å². The number of nitrogens with one attached hydrogen (secondary N) is 2. The van der Waals surface area contributed by atoms with Gasteiger partial charge in [0.1, 0.15) is 11.6 Å². The Bertz CT molecular complexity index is 962. The molecule has 3 aliphatic rings. The van der Waals surface area contributed by atoms with Crippen LogP contribution in [-0.4, -0.2) is 39.7 Å². The third-order valence-corrected chi connectivity index (χ3v) is 6.95. The van der Waals surface area contributed by atoms with Gasteiger partial charge in [-0.2, -0.15) is 5.10 Å². The van der Waals surface area contributed by atoms with Crippen molar-refractivity contribution in [3.8, 4) is 0 Å². The number of likely N-dealkylation sites (tertiary alicyclic amines) is 1. The zero-order valence-electron chi connectivity index (χ0n) is 16.8. The number of aromatic nitrogens is 2. The summed E-state index contributed by atoms with van der Waals surface area (Å²) in [5, 5.41) is 9.81. The van der Waals surface area contributed by atoms with Gasteiger partial charge >= 0.3 is 6.03 Å². The molecule has 2 aliphatic carbocycles. The number of piperidine rings is 1. The van der Waals surface area contributed by atoms with Crippen molar-refractivity contribution in [1.82, 2.24) is 14.7 Å². The van der Waals surface area contributed by atoms with Crippen LogP contribution < -0.4 is 10.6 Å². The Morgan fingerprint density at radius 1 is 1.13 bits per heavy atom. The Hall–Kier alpha value is -2.90. The van der Waals surface area contributed by atoms with Gasteiger partial charge in [-0.1, -0.05) is 12.5 Å². The summed E-state index contributed by atoms with van der Waals surface area (Å²) < 4.78 is 15.1. The minimum absolute atomic E-state index is 0.130. The molecule has 3 fully saturated rings. The number of rotatable bonds is 4. The lowest BCUT2D eigenvalue weighted by atomic mass is 9.79. The first-order chi connectivity index (χ1) is 14.5. The fourth-order valence-electron chi connectivity index (χ4n) is 4.98. The Morgan fingerprint density at radius 3 is 2.60 bits per heavy atom. The van der Waals surface area contributed by atoms with E-state index < -0.39 is 11.8 Å². The van der Waals surface area contributed by atoms with Crippen molar-refractivity contribution in [1.29, 1.82) is 0 Å². The van der Waals surface area contributed by atoms with E-state index >= 15 is 0 Å². The molecule has 8 heteroatoms. The molecule has 7 nitrogen and oxygen atoms in total. The minimum atomic E-state index is -0.450. The van der Waals surface area contributed by atoms with Crippen LogP contribution in [0.1, 0.15) is 44.6 Å². The van der Waals surface area contributed by atoms with Crippen LogP contribution in [0.3, 0.4) is 0 Å². The number of benzene rings is 1. The predicted octanol–water partition coefficient (Wildman–Crippen LogP) is 4.02. The van der Waals surface area contributed by atoms with Gasteiger partial charge in [0.2, 0.25) is 5.91 Å². The summed E-state index contributed by atoms with van der Waals surface area (Å²) in [6.45, 7) is 1.45. The molecule has 2 saturated carbocycles. The van der Waals surface area contributed by atoms with Crippen LogP contribution in [-0.2, 0) is 4.79 Å².